The second-order valence-electron chi connectivity index (χ2n) is 4.94. The van der Waals surface area contributed by atoms with Gasteiger partial charge in [-0.05, 0) is 24.8 Å². The lowest BCUT2D eigenvalue weighted by molar-refractivity contribution is -0.385. The highest BCUT2D eigenvalue weighted by Crippen LogP contribution is 2.32. The average molecular weight is 352 g/mol. The molecule has 1 unspecified atom stereocenters. The van der Waals surface area contributed by atoms with E-state index >= 15 is 0 Å². The molecule has 1 aliphatic carbocycles. The quantitative estimate of drug-likeness (QED) is 0.558. The van der Waals surface area contributed by atoms with Gasteiger partial charge in [0.15, 0.2) is 5.75 Å². The number of nitrogens with one attached hydrogen (secondary N) is 1. The van der Waals surface area contributed by atoms with E-state index in [1.165, 1.54) is 13.2 Å². The summed E-state index contributed by atoms with van der Waals surface area (Å²) < 4.78 is 31.5. The van der Waals surface area contributed by atoms with Gasteiger partial charge in [0.2, 0.25) is 10.0 Å². The van der Waals surface area contributed by atoms with Gasteiger partial charge in [-0.25, -0.2) is 13.1 Å². The minimum atomic E-state index is -3.77. The lowest BCUT2D eigenvalue weighted by Gasteiger charge is -2.12. The van der Waals surface area contributed by atoms with E-state index in [1.807, 2.05) is 0 Å². The Kier molecular flexibility index (Phi) is 6.12. The topological polar surface area (TPSA) is 125 Å². The van der Waals surface area contributed by atoms with Crippen LogP contribution in [0.5, 0.6) is 5.75 Å². The molecule has 0 radical (unpaired) electrons. The maximum Gasteiger partial charge on any atom is 0.310 e. The van der Waals surface area contributed by atoms with Gasteiger partial charge in [0, 0.05) is 24.7 Å². The first-order valence-corrected chi connectivity index (χ1v) is 7.91. The molecule has 22 heavy (non-hydrogen) atoms. The summed E-state index contributed by atoms with van der Waals surface area (Å²) in [6, 6.07) is 3.20. The molecule has 3 N–H and O–H groups in total. The number of benzene rings is 1. The first-order chi connectivity index (χ1) is 9.85. The summed E-state index contributed by atoms with van der Waals surface area (Å²) in [5, 5.41) is 10.8. The van der Waals surface area contributed by atoms with Crippen LogP contribution in [0.2, 0.25) is 0 Å². The van der Waals surface area contributed by atoms with Gasteiger partial charge in [-0.3, -0.25) is 10.1 Å². The van der Waals surface area contributed by atoms with E-state index in [2.05, 4.69) is 4.72 Å². The molecule has 0 spiro atoms. The molecule has 8 nitrogen and oxygen atoms in total. The fourth-order valence-corrected chi connectivity index (χ4v) is 3.04. The van der Waals surface area contributed by atoms with Crippen LogP contribution in [0.25, 0.3) is 0 Å². The Balaban J connectivity index is 0.00000242. The van der Waals surface area contributed by atoms with Gasteiger partial charge < -0.3 is 10.5 Å². The fraction of sp³-hybridized carbons (Fsp3) is 0.500. The molecule has 0 aliphatic heterocycles. The molecule has 124 valence electrons. The van der Waals surface area contributed by atoms with E-state index in [0.717, 1.165) is 25.0 Å². The molecule has 0 amide bonds. The van der Waals surface area contributed by atoms with E-state index in [9.17, 15) is 18.5 Å². The van der Waals surface area contributed by atoms with Crippen LogP contribution in [0.3, 0.4) is 0 Å². The van der Waals surface area contributed by atoms with Crippen molar-refractivity contribution in [3.8, 4) is 5.75 Å². The summed E-state index contributed by atoms with van der Waals surface area (Å²) in [5.41, 5.74) is 5.56. The van der Waals surface area contributed by atoms with Crippen LogP contribution in [-0.4, -0.2) is 33.0 Å². The first-order valence-electron chi connectivity index (χ1n) is 6.43. The second-order valence-corrected chi connectivity index (χ2v) is 6.71. The third-order valence-corrected chi connectivity index (χ3v) is 4.82. The molecule has 0 bridgehead atoms. The van der Waals surface area contributed by atoms with Crippen molar-refractivity contribution in [1.82, 2.24) is 4.72 Å². The van der Waals surface area contributed by atoms with Crippen molar-refractivity contribution in [3.63, 3.8) is 0 Å². The standard InChI is InChI=1S/C12H17N3O5S.ClH/c1-20-12-6-9(4-5-11(12)15(16)17)21(18,19)14-7-10(13)8-2-3-8;/h4-6,8,10,14H,2-3,7,13H2,1H3;1H. The number of sulfonamides is 1. The summed E-state index contributed by atoms with van der Waals surface area (Å²) in [4.78, 5) is 10.1. The number of nitro benzene ring substituents is 1. The minimum absolute atomic E-state index is 0. The van der Waals surface area contributed by atoms with Crippen molar-refractivity contribution in [2.75, 3.05) is 13.7 Å². The van der Waals surface area contributed by atoms with Crippen molar-refractivity contribution < 1.29 is 18.1 Å². The van der Waals surface area contributed by atoms with Gasteiger partial charge in [0.05, 0.1) is 16.9 Å². The van der Waals surface area contributed by atoms with Gasteiger partial charge >= 0.3 is 5.69 Å². The van der Waals surface area contributed by atoms with Crippen LogP contribution in [0.4, 0.5) is 5.69 Å². The maximum absolute atomic E-state index is 12.1. The number of halogens is 1. The fourth-order valence-electron chi connectivity index (χ4n) is 1.96. The Morgan fingerprint density at radius 3 is 2.64 bits per heavy atom. The van der Waals surface area contributed by atoms with Crippen LogP contribution < -0.4 is 15.2 Å². The second kappa shape index (κ2) is 7.23. The summed E-state index contributed by atoms with van der Waals surface area (Å²) in [6.07, 6.45) is 2.04. The molecular weight excluding hydrogens is 334 g/mol. The number of methoxy groups -OCH3 is 1. The smallest absolute Gasteiger partial charge is 0.310 e. The highest BCUT2D eigenvalue weighted by atomic mass is 35.5. The van der Waals surface area contributed by atoms with E-state index in [0.29, 0.717) is 5.92 Å². The van der Waals surface area contributed by atoms with E-state index in [1.54, 1.807) is 0 Å². The Labute approximate surface area is 134 Å². The van der Waals surface area contributed by atoms with Crippen LogP contribution in [0.15, 0.2) is 23.1 Å². The Bertz CT molecular complexity index is 648. The predicted octanol–water partition coefficient (Wildman–Crippen LogP) is 1.04. The number of hydrogen-bond donors (Lipinski definition) is 2. The molecule has 2 rings (SSSR count). The number of nitro groups is 1. The lowest BCUT2D eigenvalue weighted by atomic mass is 10.2. The normalized spacial score (nSPS) is 15.7. The molecule has 0 aromatic heterocycles. The Morgan fingerprint density at radius 2 is 2.14 bits per heavy atom. The van der Waals surface area contributed by atoms with Gasteiger partial charge in [-0.15, -0.1) is 12.4 Å². The molecule has 1 aliphatic rings. The highest BCUT2D eigenvalue weighted by Gasteiger charge is 2.29. The molecule has 10 heteroatoms. The zero-order valence-corrected chi connectivity index (χ0v) is 13.5. The summed E-state index contributed by atoms with van der Waals surface area (Å²) in [5.74, 6) is 0.272. The number of ether oxygens (including phenoxy) is 1. The van der Waals surface area contributed by atoms with Crippen molar-refractivity contribution in [2.45, 2.75) is 23.8 Å². The van der Waals surface area contributed by atoms with Crippen molar-refractivity contribution in [1.29, 1.82) is 0 Å². The van der Waals surface area contributed by atoms with Gasteiger partial charge in [-0.1, -0.05) is 0 Å². The van der Waals surface area contributed by atoms with Crippen molar-refractivity contribution >= 4 is 28.1 Å². The Morgan fingerprint density at radius 1 is 1.50 bits per heavy atom. The largest absolute Gasteiger partial charge is 0.490 e. The predicted molar refractivity (Wildman–Crippen MR) is 82.8 cm³/mol. The highest BCUT2D eigenvalue weighted by molar-refractivity contribution is 7.89. The van der Waals surface area contributed by atoms with Gasteiger partial charge in [0.25, 0.3) is 0 Å². The summed E-state index contributed by atoms with van der Waals surface area (Å²) in [6.45, 7) is 0.145. The molecule has 0 heterocycles. The average Bonchev–Trinajstić information content (AvgIpc) is 3.28. The molecule has 1 fully saturated rings. The number of nitrogens with two attached hydrogens (primary N) is 1. The third kappa shape index (κ3) is 4.29. The summed E-state index contributed by atoms with van der Waals surface area (Å²) in [7, 11) is -2.52. The van der Waals surface area contributed by atoms with E-state index in [4.69, 9.17) is 10.5 Å². The molecule has 1 atom stereocenters. The zero-order chi connectivity index (χ0) is 15.6. The minimum Gasteiger partial charge on any atom is -0.490 e. The zero-order valence-electron chi connectivity index (χ0n) is 11.9. The number of nitrogens with zero attached hydrogens (tertiary/aromatic N) is 1. The SMILES string of the molecule is COc1cc(S(=O)(=O)NCC(N)C2CC2)ccc1[N+](=O)[O-].Cl. The molecule has 1 aromatic rings. The van der Waals surface area contributed by atoms with Gasteiger partial charge in [-0.2, -0.15) is 0 Å². The van der Waals surface area contributed by atoms with Crippen LogP contribution in [-0.2, 0) is 10.0 Å². The molecule has 0 saturated heterocycles. The van der Waals surface area contributed by atoms with Crippen molar-refractivity contribution in [2.24, 2.45) is 11.7 Å². The third-order valence-electron chi connectivity index (χ3n) is 3.39. The Hall–Kier alpha value is -1.42. The van der Waals surface area contributed by atoms with Gasteiger partial charge in [0.1, 0.15) is 0 Å². The molecular formula is C12H18ClN3O5S. The van der Waals surface area contributed by atoms with Crippen LogP contribution in [0.1, 0.15) is 12.8 Å². The monoisotopic (exact) mass is 351 g/mol. The first kappa shape index (κ1) is 18.6. The molecule has 1 saturated carbocycles. The van der Waals surface area contributed by atoms with Crippen molar-refractivity contribution in [3.05, 3.63) is 28.3 Å². The van der Waals surface area contributed by atoms with Crippen LogP contribution in [0, 0.1) is 16.0 Å². The maximum atomic E-state index is 12.1. The molecule has 1 aromatic carbocycles. The number of rotatable bonds is 7. The summed E-state index contributed by atoms with van der Waals surface area (Å²) >= 11 is 0. The van der Waals surface area contributed by atoms with Crippen LogP contribution >= 0.6 is 12.4 Å². The van der Waals surface area contributed by atoms with E-state index in [-0.39, 0.29) is 41.3 Å². The number of hydrogen-bond acceptors (Lipinski definition) is 6. The lowest BCUT2D eigenvalue weighted by Crippen LogP contribution is -2.38. The van der Waals surface area contributed by atoms with E-state index < -0.39 is 14.9 Å².